The number of phenolic OH excluding ortho intramolecular Hbond substituents is 1. The third-order valence-corrected chi connectivity index (χ3v) is 3.89. The van der Waals surface area contributed by atoms with Crippen LogP contribution in [0.3, 0.4) is 0 Å². The van der Waals surface area contributed by atoms with E-state index in [0.717, 1.165) is 22.9 Å². The highest BCUT2D eigenvalue weighted by atomic mass is 19.4. The number of hydrogen-bond acceptors (Lipinski definition) is 4. The third kappa shape index (κ3) is 3.88. The van der Waals surface area contributed by atoms with Crippen LogP contribution < -0.4 is 10.7 Å². The molecule has 0 aliphatic carbocycles. The fraction of sp³-hybridized carbons (Fsp3) is 0.105. The minimum Gasteiger partial charge on any atom is -0.506 e. The number of rotatable bonds is 3. The van der Waals surface area contributed by atoms with E-state index in [1.807, 2.05) is 0 Å². The monoisotopic (exact) mass is 389 g/mol. The molecule has 9 heteroatoms. The molecular weight excluding hydrogens is 375 g/mol. The molecule has 0 saturated carbocycles. The summed E-state index contributed by atoms with van der Waals surface area (Å²) in [5.41, 5.74) is -1.74. The van der Waals surface area contributed by atoms with Gasteiger partial charge in [0.05, 0.1) is 16.9 Å². The smallest absolute Gasteiger partial charge is 0.416 e. The minimum absolute atomic E-state index is 0.0453. The fourth-order valence-electron chi connectivity index (χ4n) is 2.54. The first-order valence-corrected chi connectivity index (χ1v) is 8.05. The molecule has 0 unspecified atom stereocenters. The Labute approximate surface area is 156 Å². The van der Waals surface area contributed by atoms with Crippen LogP contribution in [-0.2, 0) is 6.18 Å². The summed E-state index contributed by atoms with van der Waals surface area (Å²) in [5.74, 6) is -1.10. The van der Waals surface area contributed by atoms with E-state index in [4.69, 9.17) is 0 Å². The van der Waals surface area contributed by atoms with Crippen LogP contribution in [0.5, 0.6) is 5.75 Å². The van der Waals surface area contributed by atoms with Gasteiger partial charge in [0.1, 0.15) is 5.75 Å². The van der Waals surface area contributed by atoms with Crippen LogP contribution in [-0.4, -0.2) is 20.8 Å². The first kappa shape index (κ1) is 19.2. The highest BCUT2D eigenvalue weighted by molar-refractivity contribution is 6.03. The standard InChI is InChI=1S/C19H14F3N3O3/c1-11-9-16(27)17(18(28)23-14-7-2-3-8-15(14)26)24-25(11)13-6-4-5-12(10-13)19(20,21)22/h2-10,26H,1H3,(H,23,28). The van der Waals surface area contributed by atoms with Gasteiger partial charge in [-0.15, -0.1) is 0 Å². The van der Waals surface area contributed by atoms with Gasteiger partial charge in [0.15, 0.2) is 5.69 Å². The summed E-state index contributed by atoms with van der Waals surface area (Å²) in [6, 6.07) is 11.4. The van der Waals surface area contributed by atoms with Gasteiger partial charge in [-0.2, -0.15) is 18.3 Å². The predicted octanol–water partition coefficient (Wildman–Crippen LogP) is 3.52. The molecule has 0 atom stereocenters. The highest BCUT2D eigenvalue weighted by Gasteiger charge is 2.30. The van der Waals surface area contributed by atoms with E-state index in [-0.39, 0.29) is 22.8 Å². The number of carbonyl (C=O) groups excluding carboxylic acids is 1. The van der Waals surface area contributed by atoms with Gasteiger partial charge >= 0.3 is 6.18 Å². The van der Waals surface area contributed by atoms with Crippen molar-refractivity contribution < 1.29 is 23.1 Å². The van der Waals surface area contributed by atoms with Gasteiger partial charge in [0, 0.05) is 11.8 Å². The summed E-state index contributed by atoms with van der Waals surface area (Å²) in [4.78, 5) is 24.6. The lowest BCUT2D eigenvalue weighted by Crippen LogP contribution is -2.27. The molecule has 0 bridgehead atoms. The molecule has 0 radical (unpaired) electrons. The van der Waals surface area contributed by atoms with Crippen LogP contribution in [0.2, 0.25) is 0 Å². The molecule has 28 heavy (non-hydrogen) atoms. The second kappa shape index (κ2) is 7.18. The number of halogens is 3. The minimum atomic E-state index is -4.55. The SMILES string of the molecule is Cc1cc(=O)c(C(=O)Nc2ccccc2O)nn1-c1cccc(C(F)(F)F)c1. The van der Waals surface area contributed by atoms with Gasteiger partial charge in [-0.3, -0.25) is 9.59 Å². The number of phenols is 1. The Bertz CT molecular complexity index is 1110. The average Bonchev–Trinajstić information content (AvgIpc) is 2.63. The zero-order valence-electron chi connectivity index (χ0n) is 14.5. The van der Waals surface area contributed by atoms with Crippen molar-refractivity contribution in [2.45, 2.75) is 13.1 Å². The zero-order chi connectivity index (χ0) is 20.5. The molecule has 3 aromatic rings. The van der Waals surface area contributed by atoms with E-state index in [9.17, 15) is 27.9 Å². The molecule has 2 aromatic carbocycles. The molecule has 1 aromatic heterocycles. The van der Waals surface area contributed by atoms with Crippen molar-refractivity contribution in [1.82, 2.24) is 9.78 Å². The van der Waals surface area contributed by atoms with Crippen molar-refractivity contribution in [2.24, 2.45) is 0 Å². The lowest BCUT2D eigenvalue weighted by atomic mass is 10.2. The van der Waals surface area contributed by atoms with E-state index < -0.39 is 28.8 Å². The number of carbonyl (C=O) groups is 1. The van der Waals surface area contributed by atoms with Gasteiger partial charge in [-0.1, -0.05) is 18.2 Å². The number of aromatic hydroxyl groups is 1. The second-order valence-corrected chi connectivity index (χ2v) is 5.93. The summed E-state index contributed by atoms with van der Waals surface area (Å²) in [5, 5.41) is 16.0. The van der Waals surface area contributed by atoms with Crippen LogP contribution in [0, 0.1) is 6.92 Å². The van der Waals surface area contributed by atoms with Gasteiger partial charge in [0.25, 0.3) is 5.91 Å². The molecule has 144 valence electrons. The van der Waals surface area contributed by atoms with Gasteiger partial charge in [0.2, 0.25) is 5.43 Å². The predicted molar refractivity (Wildman–Crippen MR) is 95.6 cm³/mol. The molecule has 0 aliphatic heterocycles. The summed E-state index contributed by atoms with van der Waals surface area (Å²) in [7, 11) is 0. The van der Waals surface area contributed by atoms with Crippen molar-refractivity contribution >= 4 is 11.6 Å². The summed E-state index contributed by atoms with van der Waals surface area (Å²) < 4.78 is 40.0. The molecule has 2 N–H and O–H groups in total. The number of hydrogen-bond donors (Lipinski definition) is 2. The molecular formula is C19H14F3N3O3. The normalized spacial score (nSPS) is 11.3. The van der Waals surface area contributed by atoms with Gasteiger partial charge in [-0.25, -0.2) is 4.68 Å². The molecule has 1 amide bonds. The number of para-hydroxylation sites is 2. The Morgan fingerprint density at radius 2 is 1.82 bits per heavy atom. The van der Waals surface area contributed by atoms with Crippen molar-refractivity contribution in [1.29, 1.82) is 0 Å². The van der Waals surface area contributed by atoms with E-state index >= 15 is 0 Å². The maximum absolute atomic E-state index is 13.0. The summed E-state index contributed by atoms with van der Waals surface area (Å²) in [6.07, 6.45) is -4.55. The van der Waals surface area contributed by atoms with Crippen LogP contribution in [0.25, 0.3) is 5.69 Å². The van der Waals surface area contributed by atoms with Crippen LogP contribution >= 0.6 is 0 Å². The number of benzene rings is 2. The lowest BCUT2D eigenvalue weighted by molar-refractivity contribution is -0.137. The molecule has 3 rings (SSSR count). The highest BCUT2D eigenvalue weighted by Crippen LogP contribution is 2.30. The first-order chi connectivity index (χ1) is 13.2. The Morgan fingerprint density at radius 1 is 1.11 bits per heavy atom. The topological polar surface area (TPSA) is 84.2 Å². The second-order valence-electron chi connectivity index (χ2n) is 5.93. The van der Waals surface area contributed by atoms with Crippen molar-refractivity contribution in [3.8, 4) is 11.4 Å². The maximum atomic E-state index is 13.0. The average molecular weight is 389 g/mol. The summed E-state index contributed by atoms with van der Waals surface area (Å²) in [6.45, 7) is 1.49. The van der Waals surface area contributed by atoms with Crippen molar-refractivity contribution in [2.75, 3.05) is 5.32 Å². The molecule has 0 spiro atoms. The zero-order valence-corrected chi connectivity index (χ0v) is 14.5. The first-order valence-electron chi connectivity index (χ1n) is 8.05. The lowest BCUT2D eigenvalue weighted by Gasteiger charge is -2.13. The van der Waals surface area contributed by atoms with Crippen LogP contribution in [0.15, 0.2) is 59.4 Å². The van der Waals surface area contributed by atoms with Crippen LogP contribution in [0.4, 0.5) is 18.9 Å². The molecule has 0 fully saturated rings. The van der Waals surface area contributed by atoms with Crippen LogP contribution in [0.1, 0.15) is 21.7 Å². The summed E-state index contributed by atoms with van der Waals surface area (Å²) >= 11 is 0. The molecule has 1 heterocycles. The van der Waals surface area contributed by atoms with E-state index in [1.54, 1.807) is 12.1 Å². The van der Waals surface area contributed by atoms with Gasteiger partial charge in [-0.05, 0) is 37.3 Å². The van der Waals surface area contributed by atoms with E-state index in [2.05, 4.69) is 10.4 Å². The Balaban J connectivity index is 2.03. The Morgan fingerprint density at radius 3 is 2.50 bits per heavy atom. The number of alkyl halides is 3. The largest absolute Gasteiger partial charge is 0.506 e. The van der Waals surface area contributed by atoms with Gasteiger partial charge < -0.3 is 10.4 Å². The number of nitrogens with zero attached hydrogens (tertiary/aromatic N) is 2. The number of nitrogens with one attached hydrogen (secondary N) is 1. The molecule has 6 nitrogen and oxygen atoms in total. The van der Waals surface area contributed by atoms with E-state index in [1.165, 1.54) is 31.2 Å². The van der Waals surface area contributed by atoms with Crippen molar-refractivity contribution in [3.05, 3.63) is 81.8 Å². The Kier molecular flexibility index (Phi) is 4.91. The number of aryl methyl sites for hydroxylation is 1. The molecule has 0 saturated heterocycles. The number of aromatic nitrogens is 2. The number of anilines is 1. The van der Waals surface area contributed by atoms with E-state index in [0.29, 0.717) is 0 Å². The third-order valence-electron chi connectivity index (χ3n) is 3.89. The quantitative estimate of drug-likeness (QED) is 0.672. The van der Waals surface area contributed by atoms with Crippen molar-refractivity contribution in [3.63, 3.8) is 0 Å². The molecule has 0 aliphatic rings. The fourth-order valence-corrected chi connectivity index (χ4v) is 2.54. The number of amides is 1. The Hall–Kier alpha value is -3.62. The maximum Gasteiger partial charge on any atom is 0.416 e.